The first-order valence-corrected chi connectivity index (χ1v) is 10.2. The summed E-state index contributed by atoms with van der Waals surface area (Å²) in [5, 5.41) is 1.29. The lowest BCUT2D eigenvalue weighted by Gasteiger charge is -2.31. The average molecular weight is 329 g/mol. The van der Waals surface area contributed by atoms with Gasteiger partial charge in [0, 0.05) is 6.92 Å². The second-order valence-corrected chi connectivity index (χ2v) is 8.12. The standard InChI is InChI=1S/C20H28O2Si/c1-15(21)22-23-19-14-8-13-18(16-9-4-2-5-10-16)20(19)17-11-6-3-7-12-17/h8,13-14,16-17H,2-7,9-12H2,1H3. The number of hydrogen-bond donors (Lipinski definition) is 0. The maximum atomic E-state index is 11.3. The molecule has 2 fully saturated rings. The zero-order valence-electron chi connectivity index (χ0n) is 14.3. The van der Waals surface area contributed by atoms with Crippen LogP contribution in [0.15, 0.2) is 18.2 Å². The molecule has 0 N–H and O–H groups in total. The number of benzene rings is 1. The van der Waals surface area contributed by atoms with Gasteiger partial charge >= 0.3 is 9.76 Å². The second-order valence-electron chi connectivity index (χ2n) is 7.17. The van der Waals surface area contributed by atoms with E-state index in [0.29, 0.717) is 5.92 Å². The van der Waals surface area contributed by atoms with E-state index in [0.717, 1.165) is 5.92 Å². The third-order valence-corrected chi connectivity index (χ3v) is 6.55. The van der Waals surface area contributed by atoms with Gasteiger partial charge in [-0.15, -0.1) is 0 Å². The molecule has 2 aliphatic carbocycles. The van der Waals surface area contributed by atoms with Crippen LogP contribution >= 0.6 is 0 Å². The fourth-order valence-electron chi connectivity index (χ4n) is 4.42. The van der Waals surface area contributed by atoms with Gasteiger partial charge in [0.2, 0.25) is 0 Å². The van der Waals surface area contributed by atoms with Crippen LogP contribution in [-0.2, 0) is 9.22 Å². The van der Waals surface area contributed by atoms with Crippen molar-refractivity contribution in [3.05, 3.63) is 29.3 Å². The van der Waals surface area contributed by atoms with E-state index in [4.69, 9.17) is 4.43 Å². The van der Waals surface area contributed by atoms with Crippen LogP contribution in [0, 0.1) is 0 Å². The monoisotopic (exact) mass is 328 g/mol. The first-order chi connectivity index (χ1) is 11.3. The molecule has 0 amide bonds. The summed E-state index contributed by atoms with van der Waals surface area (Å²) in [6, 6.07) is 6.74. The van der Waals surface area contributed by atoms with Crippen molar-refractivity contribution in [2.45, 2.75) is 83.0 Å². The maximum absolute atomic E-state index is 11.3. The molecule has 0 spiro atoms. The molecule has 124 valence electrons. The number of carbonyl (C=O) groups is 1. The van der Waals surface area contributed by atoms with Crippen molar-refractivity contribution in [3.8, 4) is 0 Å². The van der Waals surface area contributed by atoms with Gasteiger partial charge in [-0.2, -0.15) is 0 Å². The molecule has 0 heterocycles. The molecule has 1 aromatic carbocycles. The maximum Gasteiger partial charge on any atom is 0.355 e. The number of carbonyl (C=O) groups excluding carboxylic acids is 1. The van der Waals surface area contributed by atoms with E-state index < -0.39 is 0 Å². The van der Waals surface area contributed by atoms with Crippen LogP contribution < -0.4 is 5.19 Å². The molecule has 0 saturated heterocycles. The fourth-order valence-corrected chi connectivity index (χ4v) is 5.29. The average Bonchev–Trinajstić information content (AvgIpc) is 2.61. The van der Waals surface area contributed by atoms with Gasteiger partial charge in [0.1, 0.15) is 0 Å². The highest BCUT2D eigenvalue weighted by molar-refractivity contribution is 6.49. The van der Waals surface area contributed by atoms with Crippen LogP contribution in [0.1, 0.15) is 94.1 Å². The Morgan fingerprint density at radius 2 is 1.57 bits per heavy atom. The smallest absolute Gasteiger partial charge is 0.355 e. The fraction of sp³-hybridized carbons (Fsp3) is 0.650. The van der Waals surface area contributed by atoms with Crippen molar-refractivity contribution in [1.82, 2.24) is 0 Å². The van der Waals surface area contributed by atoms with Crippen molar-refractivity contribution in [3.63, 3.8) is 0 Å². The molecule has 2 radical (unpaired) electrons. The molecule has 2 nitrogen and oxygen atoms in total. The van der Waals surface area contributed by atoms with E-state index in [2.05, 4.69) is 18.2 Å². The Kier molecular flexibility index (Phi) is 5.93. The van der Waals surface area contributed by atoms with Gasteiger partial charge in [-0.3, -0.25) is 4.79 Å². The van der Waals surface area contributed by atoms with Crippen molar-refractivity contribution < 1.29 is 9.22 Å². The summed E-state index contributed by atoms with van der Waals surface area (Å²) in [5.74, 6) is 1.24. The van der Waals surface area contributed by atoms with E-state index in [9.17, 15) is 4.79 Å². The molecule has 0 bridgehead atoms. The molecular formula is C20H28O2Si. The molecule has 0 unspecified atom stereocenters. The normalized spacial score (nSPS) is 20.4. The lowest BCUT2D eigenvalue weighted by molar-refractivity contribution is -0.131. The minimum Gasteiger partial charge on any atom is -0.511 e. The summed E-state index contributed by atoms with van der Waals surface area (Å²) < 4.78 is 5.39. The zero-order valence-corrected chi connectivity index (χ0v) is 15.3. The highest BCUT2D eigenvalue weighted by Crippen LogP contribution is 2.40. The molecule has 1 aromatic rings. The van der Waals surface area contributed by atoms with Gasteiger partial charge < -0.3 is 4.43 Å². The van der Waals surface area contributed by atoms with Crippen LogP contribution in [0.3, 0.4) is 0 Å². The Morgan fingerprint density at radius 3 is 2.17 bits per heavy atom. The Bertz CT molecular complexity index is 528. The van der Waals surface area contributed by atoms with Crippen LogP contribution in [-0.4, -0.2) is 15.7 Å². The highest BCUT2D eigenvalue weighted by atomic mass is 28.2. The lowest BCUT2D eigenvalue weighted by Crippen LogP contribution is -2.28. The Labute approximate surface area is 143 Å². The molecule has 0 aromatic heterocycles. The molecule has 23 heavy (non-hydrogen) atoms. The van der Waals surface area contributed by atoms with Crippen molar-refractivity contribution in [1.29, 1.82) is 0 Å². The van der Waals surface area contributed by atoms with Crippen LogP contribution in [0.2, 0.25) is 0 Å². The molecule has 3 rings (SSSR count). The molecule has 3 heteroatoms. The SMILES string of the molecule is CC(=O)O[Si]c1cccc(C2CCCCC2)c1C1CCCCC1. The van der Waals surface area contributed by atoms with Gasteiger partial charge in [0.15, 0.2) is 0 Å². The summed E-state index contributed by atoms with van der Waals surface area (Å²) in [5.41, 5.74) is 3.13. The Morgan fingerprint density at radius 1 is 0.957 bits per heavy atom. The predicted molar refractivity (Wildman–Crippen MR) is 95.2 cm³/mol. The minimum absolute atomic E-state index is 0.166. The third-order valence-electron chi connectivity index (χ3n) is 5.50. The van der Waals surface area contributed by atoms with E-state index >= 15 is 0 Å². The largest absolute Gasteiger partial charge is 0.511 e. The zero-order chi connectivity index (χ0) is 16.1. The Hall–Kier alpha value is -1.09. The van der Waals surface area contributed by atoms with Gasteiger partial charge in [-0.05, 0) is 53.8 Å². The molecule has 0 aliphatic heterocycles. The van der Waals surface area contributed by atoms with Gasteiger partial charge in [-0.25, -0.2) is 0 Å². The Balaban J connectivity index is 1.92. The molecule has 2 aliphatic rings. The third kappa shape index (κ3) is 4.26. The summed E-state index contributed by atoms with van der Waals surface area (Å²) in [4.78, 5) is 11.3. The lowest BCUT2D eigenvalue weighted by atomic mass is 9.76. The van der Waals surface area contributed by atoms with Crippen molar-refractivity contribution >= 4 is 20.9 Å². The molecular weight excluding hydrogens is 300 g/mol. The van der Waals surface area contributed by atoms with E-state index in [1.807, 2.05) is 0 Å². The predicted octanol–water partition coefficient (Wildman–Crippen LogP) is 4.59. The van der Waals surface area contributed by atoms with Crippen LogP contribution in [0.4, 0.5) is 0 Å². The van der Waals surface area contributed by atoms with E-state index in [-0.39, 0.29) is 15.7 Å². The van der Waals surface area contributed by atoms with E-state index in [1.165, 1.54) is 76.3 Å². The van der Waals surface area contributed by atoms with Gasteiger partial charge in [-0.1, -0.05) is 56.7 Å². The number of rotatable bonds is 4. The second kappa shape index (κ2) is 8.14. The topological polar surface area (TPSA) is 26.3 Å². The molecule has 0 atom stereocenters. The number of hydrogen-bond acceptors (Lipinski definition) is 2. The van der Waals surface area contributed by atoms with E-state index in [1.54, 1.807) is 11.1 Å². The summed E-state index contributed by atoms with van der Waals surface area (Å²) >= 11 is 0. The molecule has 2 saturated carbocycles. The summed E-state index contributed by atoms with van der Waals surface area (Å²) in [6.45, 7) is 1.51. The first kappa shape index (κ1) is 16.8. The summed E-state index contributed by atoms with van der Waals surface area (Å²) in [7, 11) is 0.169. The summed E-state index contributed by atoms with van der Waals surface area (Å²) in [6.07, 6.45) is 13.5. The first-order valence-electron chi connectivity index (χ1n) is 9.32. The van der Waals surface area contributed by atoms with Crippen molar-refractivity contribution in [2.75, 3.05) is 0 Å². The quantitative estimate of drug-likeness (QED) is 0.756. The van der Waals surface area contributed by atoms with Crippen LogP contribution in [0.25, 0.3) is 0 Å². The highest BCUT2D eigenvalue weighted by Gasteiger charge is 2.26. The van der Waals surface area contributed by atoms with Gasteiger partial charge in [0.05, 0.1) is 0 Å². The van der Waals surface area contributed by atoms with Crippen LogP contribution in [0.5, 0.6) is 0 Å². The minimum atomic E-state index is -0.166. The van der Waals surface area contributed by atoms with Gasteiger partial charge in [0.25, 0.3) is 5.97 Å². The van der Waals surface area contributed by atoms with Crippen molar-refractivity contribution in [2.24, 2.45) is 0 Å².